The van der Waals surface area contributed by atoms with Gasteiger partial charge in [-0.2, -0.15) is 0 Å². The van der Waals surface area contributed by atoms with Gasteiger partial charge in [-0.25, -0.2) is 4.79 Å². The van der Waals surface area contributed by atoms with Gasteiger partial charge in [0.2, 0.25) is 0 Å². The van der Waals surface area contributed by atoms with Crippen LogP contribution in [0.3, 0.4) is 0 Å². The zero-order valence-electron chi connectivity index (χ0n) is 10.9. The second-order valence-corrected chi connectivity index (χ2v) is 5.32. The van der Waals surface area contributed by atoms with Gasteiger partial charge < -0.3 is 15.2 Å². The minimum atomic E-state index is -0.890. The van der Waals surface area contributed by atoms with Crippen LogP contribution in [0.2, 0.25) is 0 Å². The molecule has 1 aliphatic carbocycles. The number of carbonyl (C=O) groups excluding carboxylic acids is 1. The number of benzene rings is 1. The van der Waals surface area contributed by atoms with Crippen LogP contribution in [0.1, 0.15) is 19.4 Å². The van der Waals surface area contributed by atoms with Gasteiger partial charge in [-0.3, -0.25) is 4.79 Å². The predicted octanol–water partition coefficient (Wildman–Crippen LogP) is 2.02. The number of hydrogen-bond donors (Lipinski definition) is 2. The fourth-order valence-corrected chi connectivity index (χ4v) is 2.26. The summed E-state index contributed by atoms with van der Waals surface area (Å²) in [6, 6.07) is 8.95. The molecule has 0 radical (unpaired) electrons. The molecule has 1 aliphatic rings. The smallest absolute Gasteiger partial charge is 0.407 e. The number of aliphatic carboxylic acids is 1. The molecule has 5 nitrogen and oxygen atoms in total. The zero-order valence-corrected chi connectivity index (χ0v) is 10.9. The van der Waals surface area contributed by atoms with Crippen LogP contribution in [0, 0.1) is 11.3 Å². The van der Waals surface area contributed by atoms with Gasteiger partial charge in [0.05, 0.1) is 12.0 Å². The van der Waals surface area contributed by atoms with Crippen molar-refractivity contribution in [2.45, 2.75) is 26.5 Å². The number of carboxylic acids is 1. The zero-order chi connectivity index (χ0) is 14.0. The lowest BCUT2D eigenvalue weighted by atomic mass is 10.1. The van der Waals surface area contributed by atoms with Crippen molar-refractivity contribution in [2.75, 3.05) is 0 Å². The van der Waals surface area contributed by atoms with Crippen LogP contribution in [-0.4, -0.2) is 23.2 Å². The molecule has 0 unspecified atom stereocenters. The fraction of sp³-hybridized carbons (Fsp3) is 0.429. The number of carbonyl (C=O) groups is 2. The number of alkyl carbamates (subject to hydrolysis) is 1. The maximum absolute atomic E-state index is 11.6. The number of amides is 1. The van der Waals surface area contributed by atoms with E-state index in [0.29, 0.717) is 0 Å². The Hall–Kier alpha value is -2.04. The summed E-state index contributed by atoms with van der Waals surface area (Å²) in [5.41, 5.74) is 0.472. The lowest BCUT2D eigenvalue weighted by Gasteiger charge is -2.07. The Morgan fingerprint density at radius 3 is 2.47 bits per heavy atom. The van der Waals surface area contributed by atoms with Gasteiger partial charge in [-0.15, -0.1) is 0 Å². The average molecular weight is 263 g/mol. The third-order valence-electron chi connectivity index (χ3n) is 3.58. The molecule has 102 valence electrons. The topological polar surface area (TPSA) is 75.6 Å². The number of hydrogen-bond acceptors (Lipinski definition) is 3. The summed E-state index contributed by atoms with van der Waals surface area (Å²) < 4.78 is 5.06. The van der Waals surface area contributed by atoms with Gasteiger partial charge in [0.15, 0.2) is 0 Å². The SMILES string of the molecule is CC1(C)[C@H](C(=O)O)[C@@H]1NC(=O)OCc1ccccc1. The largest absolute Gasteiger partial charge is 0.481 e. The molecule has 0 heterocycles. The van der Waals surface area contributed by atoms with Crippen LogP contribution < -0.4 is 5.32 Å². The molecule has 2 atom stereocenters. The van der Waals surface area contributed by atoms with Gasteiger partial charge in [-0.05, 0) is 5.56 Å². The second kappa shape index (κ2) is 4.91. The lowest BCUT2D eigenvalue weighted by molar-refractivity contribution is -0.139. The van der Waals surface area contributed by atoms with Crippen LogP contribution >= 0.6 is 0 Å². The summed E-state index contributed by atoms with van der Waals surface area (Å²) in [4.78, 5) is 22.6. The number of nitrogens with one attached hydrogen (secondary N) is 1. The van der Waals surface area contributed by atoms with E-state index < -0.39 is 23.4 Å². The molecule has 0 aliphatic heterocycles. The molecule has 0 spiro atoms. The maximum Gasteiger partial charge on any atom is 0.407 e. The van der Waals surface area contributed by atoms with E-state index in [1.54, 1.807) is 0 Å². The van der Waals surface area contributed by atoms with Crippen molar-refractivity contribution in [1.29, 1.82) is 0 Å². The monoisotopic (exact) mass is 263 g/mol. The molecule has 0 bridgehead atoms. The Morgan fingerprint density at radius 2 is 1.95 bits per heavy atom. The first-order valence-corrected chi connectivity index (χ1v) is 6.13. The second-order valence-electron chi connectivity index (χ2n) is 5.32. The first-order valence-electron chi connectivity index (χ1n) is 6.13. The number of rotatable bonds is 4. The number of carboxylic acid groups (broad SMARTS) is 1. The van der Waals surface area contributed by atoms with E-state index in [-0.39, 0.29) is 12.6 Å². The summed E-state index contributed by atoms with van der Waals surface area (Å²) in [6.07, 6.45) is -0.578. The van der Waals surface area contributed by atoms with E-state index in [4.69, 9.17) is 9.84 Å². The number of ether oxygens (including phenoxy) is 1. The van der Waals surface area contributed by atoms with Crippen molar-refractivity contribution in [2.24, 2.45) is 11.3 Å². The van der Waals surface area contributed by atoms with Crippen LogP contribution in [0.4, 0.5) is 4.79 Å². The normalized spacial score (nSPS) is 23.5. The molecule has 2 N–H and O–H groups in total. The summed E-state index contributed by atoms with van der Waals surface area (Å²) in [6.45, 7) is 3.80. The summed E-state index contributed by atoms with van der Waals surface area (Å²) in [5, 5.41) is 11.6. The molecule has 1 saturated carbocycles. The van der Waals surface area contributed by atoms with Crippen molar-refractivity contribution in [3.63, 3.8) is 0 Å². The van der Waals surface area contributed by atoms with Gasteiger partial charge in [0.1, 0.15) is 6.61 Å². The predicted molar refractivity (Wildman–Crippen MR) is 68.5 cm³/mol. The Balaban J connectivity index is 1.82. The van der Waals surface area contributed by atoms with E-state index in [2.05, 4.69) is 5.32 Å². The van der Waals surface area contributed by atoms with Crippen molar-refractivity contribution in [3.8, 4) is 0 Å². The standard InChI is InChI=1S/C14H17NO4/c1-14(2)10(12(16)17)11(14)15-13(18)19-8-9-6-4-3-5-7-9/h3-7,10-11H,8H2,1-2H3,(H,15,18)(H,16,17)/t10-,11-/m0/s1. The Morgan fingerprint density at radius 1 is 1.32 bits per heavy atom. The summed E-state index contributed by atoms with van der Waals surface area (Å²) in [7, 11) is 0. The van der Waals surface area contributed by atoms with Gasteiger partial charge in [0.25, 0.3) is 0 Å². The molecule has 1 fully saturated rings. The van der Waals surface area contributed by atoms with E-state index in [9.17, 15) is 9.59 Å². The van der Waals surface area contributed by atoms with Crippen molar-refractivity contribution in [3.05, 3.63) is 35.9 Å². The van der Waals surface area contributed by atoms with Crippen LogP contribution in [0.15, 0.2) is 30.3 Å². The van der Waals surface area contributed by atoms with Gasteiger partial charge >= 0.3 is 12.1 Å². The first-order chi connectivity index (χ1) is 8.93. The third kappa shape index (κ3) is 2.86. The van der Waals surface area contributed by atoms with Crippen LogP contribution in [0.5, 0.6) is 0 Å². The highest BCUT2D eigenvalue weighted by atomic mass is 16.5. The molecule has 5 heteroatoms. The molecule has 0 aromatic heterocycles. The highest BCUT2D eigenvalue weighted by molar-refractivity contribution is 5.79. The lowest BCUT2D eigenvalue weighted by Crippen LogP contribution is -2.30. The molecule has 2 rings (SSSR count). The summed E-state index contributed by atoms with van der Waals surface area (Å²) >= 11 is 0. The van der Waals surface area contributed by atoms with Crippen LogP contribution in [-0.2, 0) is 16.1 Å². The Bertz CT molecular complexity index is 483. The van der Waals surface area contributed by atoms with Gasteiger partial charge in [-0.1, -0.05) is 44.2 Å². The minimum absolute atomic E-state index is 0.178. The molecule has 1 amide bonds. The van der Waals surface area contributed by atoms with Crippen molar-refractivity contribution >= 4 is 12.1 Å². The summed E-state index contributed by atoms with van der Waals surface area (Å²) in [5.74, 6) is -1.44. The molecular formula is C14H17NO4. The Kier molecular flexibility index (Phi) is 3.46. The molecule has 1 aromatic carbocycles. The van der Waals surface area contributed by atoms with Gasteiger partial charge in [0, 0.05) is 5.41 Å². The maximum atomic E-state index is 11.6. The first kappa shape index (κ1) is 13.4. The van der Waals surface area contributed by atoms with E-state index >= 15 is 0 Å². The highest BCUT2D eigenvalue weighted by Gasteiger charge is 2.63. The van der Waals surface area contributed by atoms with E-state index in [0.717, 1.165) is 5.56 Å². The van der Waals surface area contributed by atoms with E-state index in [1.165, 1.54) is 0 Å². The molecule has 0 saturated heterocycles. The molecule has 1 aromatic rings. The Labute approximate surface area is 111 Å². The minimum Gasteiger partial charge on any atom is -0.481 e. The van der Waals surface area contributed by atoms with E-state index in [1.807, 2.05) is 44.2 Å². The highest BCUT2D eigenvalue weighted by Crippen LogP contribution is 2.51. The van der Waals surface area contributed by atoms with Crippen molar-refractivity contribution in [1.82, 2.24) is 5.32 Å². The average Bonchev–Trinajstić information content (AvgIpc) is 2.89. The van der Waals surface area contributed by atoms with Crippen LogP contribution in [0.25, 0.3) is 0 Å². The molecular weight excluding hydrogens is 246 g/mol. The quantitative estimate of drug-likeness (QED) is 0.871. The fourth-order valence-electron chi connectivity index (χ4n) is 2.26. The van der Waals surface area contributed by atoms with Crippen molar-refractivity contribution < 1.29 is 19.4 Å². The third-order valence-corrected chi connectivity index (χ3v) is 3.58. The molecule has 19 heavy (non-hydrogen) atoms.